The zero-order chi connectivity index (χ0) is 19.6. The second-order valence-corrected chi connectivity index (χ2v) is 7.39. The van der Waals surface area contributed by atoms with E-state index in [-0.39, 0.29) is 24.0 Å². The third-order valence-electron chi connectivity index (χ3n) is 5.19. The summed E-state index contributed by atoms with van der Waals surface area (Å²) in [5.74, 6) is 0.949. The second-order valence-electron chi connectivity index (χ2n) is 7.39. The highest BCUT2D eigenvalue weighted by molar-refractivity contribution is 14.0. The summed E-state index contributed by atoms with van der Waals surface area (Å²) in [5.41, 5.74) is 2.38. The normalized spacial score (nSPS) is 15.7. The Bertz CT molecular complexity index is 705. The number of guanidine groups is 1. The predicted molar refractivity (Wildman–Crippen MR) is 132 cm³/mol. The summed E-state index contributed by atoms with van der Waals surface area (Å²) in [6.07, 6.45) is 8.32. The highest BCUT2D eigenvalue weighted by atomic mass is 127. The highest BCUT2D eigenvalue weighted by Gasteiger charge is 2.19. The van der Waals surface area contributed by atoms with Crippen molar-refractivity contribution in [3.8, 4) is 5.69 Å². The van der Waals surface area contributed by atoms with Gasteiger partial charge in [0.2, 0.25) is 0 Å². The lowest BCUT2D eigenvalue weighted by Crippen LogP contribution is -2.48. The molecule has 0 bridgehead atoms. The first-order valence-corrected chi connectivity index (χ1v) is 10.6. The van der Waals surface area contributed by atoms with Gasteiger partial charge in [0.25, 0.3) is 0 Å². The molecule has 0 spiro atoms. The van der Waals surface area contributed by atoms with Gasteiger partial charge in [-0.1, -0.05) is 19.1 Å². The Morgan fingerprint density at radius 3 is 2.55 bits per heavy atom. The van der Waals surface area contributed by atoms with Crippen LogP contribution in [-0.2, 0) is 6.42 Å². The number of hydrogen-bond acceptors (Lipinski definition) is 3. The van der Waals surface area contributed by atoms with Crippen LogP contribution in [0.2, 0.25) is 0 Å². The first-order chi connectivity index (χ1) is 13.8. The molecule has 1 aliphatic rings. The van der Waals surface area contributed by atoms with Crippen molar-refractivity contribution in [2.45, 2.75) is 45.6 Å². The van der Waals surface area contributed by atoms with Crippen LogP contribution in [-0.4, -0.2) is 59.4 Å². The fourth-order valence-corrected chi connectivity index (χ4v) is 3.66. The Hall–Kier alpha value is -1.61. The summed E-state index contributed by atoms with van der Waals surface area (Å²) < 4.78 is 1.88. The first kappa shape index (κ1) is 23.7. The van der Waals surface area contributed by atoms with E-state index in [0.717, 1.165) is 31.2 Å². The van der Waals surface area contributed by atoms with Crippen LogP contribution in [0.5, 0.6) is 0 Å². The molecular formula is C22H35IN6. The zero-order valence-electron chi connectivity index (χ0n) is 17.7. The van der Waals surface area contributed by atoms with Gasteiger partial charge in [-0.15, -0.1) is 24.0 Å². The SMILES string of the molecule is CCCN1CCC(NC(=NCCc2ccc(-n3cccn3)cc2)NCC)CC1.I. The molecule has 0 amide bonds. The molecule has 0 atom stereocenters. The molecule has 3 rings (SSSR count). The Morgan fingerprint density at radius 2 is 1.93 bits per heavy atom. The molecule has 7 heteroatoms. The van der Waals surface area contributed by atoms with Gasteiger partial charge in [-0.05, 0) is 62.9 Å². The smallest absolute Gasteiger partial charge is 0.191 e. The van der Waals surface area contributed by atoms with Crippen molar-refractivity contribution in [2.24, 2.45) is 4.99 Å². The van der Waals surface area contributed by atoms with Crippen molar-refractivity contribution in [1.29, 1.82) is 0 Å². The van der Waals surface area contributed by atoms with E-state index in [2.05, 4.69) is 58.7 Å². The minimum atomic E-state index is 0. The van der Waals surface area contributed by atoms with Crippen LogP contribution in [0.1, 0.15) is 38.7 Å². The van der Waals surface area contributed by atoms with Crippen molar-refractivity contribution in [3.63, 3.8) is 0 Å². The number of piperidine rings is 1. The highest BCUT2D eigenvalue weighted by Crippen LogP contribution is 2.11. The van der Waals surface area contributed by atoms with Gasteiger partial charge in [0.1, 0.15) is 0 Å². The fourth-order valence-electron chi connectivity index (χ4n) is 3.66. The van der Waals surface area contributed by atoms with E-state index in [1.54, 1.807) is 6.20 Å². The standard InChI is InChI=1S/C22H34N6.HI/c1-3-15-27-17-11-20(12-18-27)26-22(23-4-2)24-14-10-19-6-8-21(9-7-19)28-16-5-13-25-28;/h5-9,13,16,20H,3-4,10-12,14-15,17-18H2,1-2H3,(H2,23,24,26);1H. The topological polar surface area (TPSA) is 57.5 Å². The van der Waals surface area contributed by atoms with Crippen LogP contribution in [0.4, 0.5) is 0 Å². The molecule has 1 saturated heterocycles. The monoisotopic (exact) mass is 510 g/mol. The minimum Gasteiger partial charge on any atom is -0.357 e. The van der Waals surface area contributed by atoms with E-state index >= 15 is 0 Å². The van der Waals surface area contributed by atoms with E-state index < -0.39 is 0 Å². The van der Waals surface area contributed by atoms with E-state index in [1.165, 1.54) is 44.5 Å². The van der Waals surface area contributed by atoms with Crippen LogP contribution in [0.25, 0.3) is 5.69 Å². The summed E-state index contributed by atoms with van der Waals surface area (Å²) in [6, 6.07) is 11.0. The van der Waals surface area contributed by atoms with Gasteiger partial charge in [-0.25, -0.2) is 4.68 Å². The third kappa shape index (κ3) is 7.62. The molecule has 2 heterocycles. The number of likely N-dealkylation sites (tertiary alicyclic amines) is 1. The van der Waals surface area contributed by atoms with E-state index in [0.29, 0.717) is 6.04 Å². The lowest BCUT2D eigenvalue weighted by atomic mass is 10.1. The third-order valence-corrected chi connectivity index (χ3v) is 5.19. The van der Waals surface area contributed by atoms with Crippen LogP contribution in [0.15, 0.2) is 47.7 Å². The van der Waals surface area contributed by atoms with Crippen molar-refractivity contribution in [1.82, 2.24) is 25.3 Å². The van der Waals surface area contributed by atoms with Crippen molar-refractivity contribution in [2.75, 3.05) is 32.7 Å². The maximum atomic E-state index is 4.79. The Balaban J connectivity index is 0.00000300. The minimum absolute atomic E-state index is 0. The Labute approximate surface area is 192 Å². The van der Waals surface area contributed by atoms with Gasteiger partial charge >= 0.3 is 0 Å². The summed E-state index contributed by atoms with van der Waals surface area (Å²) >= 11 is 0. The van der Waals surface area contributed by atoms with E-state index in [9.17, 15) is 0 Å². The van der Waals surface area contributed by atoms with Gasteiger partial charge in [-0.3, -0.25) is 4.99 Å². The molecule has 160 valence electrons. The second kappa shape index (κ2) is 12.8. The molecule has 0 unspecified atom stereocenters. The molecule has 2 aromatic rings. The number of halogens is 1. The maximum Gasteiger partial charge on any atom is 0.191 e. The molecule has 1 fully saturated rings. The van der Waals surface area contributed by atoms with Crippen LogP contribution >= 0.6 is 24.0 Å². The van der Waals surface area contributed by atoms with Gasteiger partial charge in [0.05, 0.1) is 5.69 Å². The van der Waals surface area contributed by atoms with E-state index in [1.807, 2.05) is 16.9 Å². The first-order valence-electron chi connectivity index (χ1n) is 10.6. The molecule has 0 saturated carbocycles. The van der Waals surface area contributed by atoms with Gasteiger partial charge in [0.15, 0.2) is 5.96 Å². The summed E-state index contributed by atoms with van der Waals surface area (Å²) in [7, 11) is 0. The van der Waals surface area contributed by atoms with Gasteiger partial charge < -0.3 is 15.5 Å². The molecule has 1 aromatic carbocycles. The zero-order valence-corrected chi connectivity index (χ0v) is 20.0. The lowest BCUT2D eigenvalue weighted by molar-refractivity contribution is 0.206. The number of benzene rings is 1. The van der Waals surface area contributed by atoms with Crippen LogP contribution in [0, 0.1) is 0 Å². The number of nitrogens with zero attached hydrogens (tertiary/aromatic N) is 4. The molecule has 6 nitrogen and oxygen atoms in total. The Kier molecular flexibility index (Phi) is 10.5. The largest absolute Gasteiger partial charge is 0.357 e. The number of nitrogens with one attached hydrogen (secondary N) is 2. The van der Waals surface area contributed by atoms with Gasteiger partial charge in [-0.2, -0.15) is 5.10 Å². The van der Waals surface area contributed by atoms with E-state index in [4.69, 9.17) is 4.99 Å². The van der Waals surface area contributed by atoms with Crippen LogP contribution in [0.3, 0.4) is 0 Å². The Morgan fingerprint density at radius 1 is 1.17 bits per heavy atom. The number of hydrogen-bond donors (Lipinski definition) is 2. The molecule has 1 aliphatic heterocycles. The summed E-state index contributed by atoms with van der Waals surface area (Å²) in [4.78, 5) is 7.36. The maximum absolute atomic E-state index is 4.79. The average molecular weight is 510 g/mol. The van der Waals surface area contributed by atoms with Crippen molar-refractivity contribution >= 4 is 29.9 Å². The molecule has 2 N–H and O–H groups in total. The number of aromatic nitrogens is 2. The van der Waals surface area contributed by atoms with Crippen molar-refractivity contribution < 1.29 is 0 Å². The summed E-state index contributed by atoms with van der Waals surface area (Å²) in [5, 5.41) is 11.3. The lowest BCUT2D eigenvalue weighted by Gasteiger charge is -2.32. The van der Waals surface area contributed by atoms with Gasteiger partial charge in [0, 0.05) is 44.6 Å². The molecule has 0 radical (unpaired) electrons. The average Bonchev–Trinajstić information content (AvgIpc) is 3.25. The molecule has 29 heavy (non-hydrogen) atoms. The fraction of sp³-hybridized carbons (Fsp3) is 0.545. The molecular weight excluding hydrogens is 475 g/mol. The number of aliphatic imine (C=N–C) groups is 1. The van der Waals surface area contributed by atoms with Crippen molar-refractivity contribution in [3.05, 3.63) is 48.3 Å². The molecule has 1 aromatic heterocycles. The molecule has 0 aliphatic carbocycles. The van der Waals surface area contributed by atoms with Crippen LogP contribution < -0.4 is 10.6 Å². The quantitative estimate of drug-likeness (QED) is 0.325. The number of rotatable bonds is 8. The summed E-state index contributed by atoms with van der Waals surface area (Å²) in [6.45, 7) is 9.64. The predicted octanol–water partition coefficient (Wildman–Crippen LogP) is 3.46.